The molecule has 0 radical (unpaired) electrons. The van der Waals surface area contributed by atoms with Gasteiger partial charge in [-0.25, -0.2) is 0 Å². The van der Waals surface area contributed by atoms with E-state index in [0.29, 0.717) is 18.4 Å². The molecule has 156 valence electrons. The molecule has 3 rings (SSSR count). The molecule has 1 unspecified atom stereocenters. The van der Waals surface area contributed by atoms with E-state index in [1.165, 1.54) is 11.1 Å². The Bertz CT molecular complexity index is 851. The highest BCUT2D eigenvalue weighted by Crippen LogP contribution is 2.36. The highest BCUT2D eigenvalue weighted by Gasteiger charge is 2.21. The number of pyridine rings is 1. The minimum absolute atomic E-state index is 0.0733. The van der Waals surface area contributed by atoms with Crippen LogP contribution in [0.2, 0.25) is 0 Å². The van der Waals surface area contributed by atoms with Gasteiger partial charge in [-0.3, -0.25) is 0 Å². The van der Waals surface area contributed by atoms with E-state index < -0.39 is 0 Å². The van der Waals surface area contributed by atoms with Gasteiger partial charge in [0, 0.05) is 18.2 Å². The summed E-state index contributed by atoms with van der Waals surface area (Å²) in [4.78, 5) is 4.34. The first kappa shape index (κ1) is 21.0. The molecule has 2 heterocycles. The molecule has 6 heteroatoms. The van der Waals surface area contributed by atoms with E-state index in [-0.39, 0.29) is 6.04 Å². The number of ether oxygens (including phenoxy) is 4. The van der Waals surface area contributed by atoms with Crippen LogP contribution in [0, 0.1) is 0 Å². The second kappa shape index (κ2) is 10.2. The van der Waals surface area contributed by atoms with E-state index >= 15 is 0 Å². The summed E-state index contributed by atoms with van der Waals surface area (Å²) in [7, 11) is 4.88. The van der Waals surface area contributed by atoms with Crippen LogP contribution in [0.1, 0.15) is 42.5 Å². The quantitative estimate of drug-likeness (QED) is 0.639. The van der Waals surface area contributed by atoms with Crippen LogP contribution >= 0.6 is 0 Å². The number of hydrogen-bond donors (Lipinski definition) is 1. The van der Waals surface area contributed by atoms with Crippen LogP contribution in [-0.2, 0) is 6.42 Å². The zero-order chi connectivity index (χ0) is 20.6. The summed E-state index contributed by atoms with van der Waals surface area (Å²) in [5.74, 6) is 2.66. The van der Waals surface area contributed by atoms with E-state index in [9.17, 15) is 0 Å². The van der Waals surface area contributed by atoms with Gasteiger partial charge in [0.2, 0.25) is 11.8 Å². The van der Waals surface area contributed by atoms with Gasteiger partial charge >= 0.3 is 0 Å². The average Bonchev–Trinajstić information content (AvgIpc) is 2.77. The predicted molar refractivity (Wildman–Crippen MR) is 114 cm³/mol. The van der Waals surface area contributed by atoms with Crippen molar-refractivity contribution in [1.29, 1.82) is 0 Å². The van der Waals surface area contributed by atoms with Crippen LogP contribution in [0.25, 0.3) is 6.08 Å². The Hall–Kier alpha value is -2.73. The lowest BCUT2D eigenvalue weighted by atomic mass is 9.93. The number of nitrogens with one attached hydrogen (secondary N) is 1. The monoisotopic (exact) mass is 398 g/mol. The van der Waals surface area contributed by atoms with Gasteiger partial charge in [0.25, 0.3) is 0 Å². The molecule has 1 N–H and O–H groups in total. The summed E-state index contributed by atoms with van der Waals surface area (Å²) in [6.45, 7) is 3.77. The molecular formula is C23H30N2O4. The third-order valence-corrected chi connectivity index (χ3v) is 5.01. The van der Waals surface area contributed by atoms with Gasteiger partial charge in [-0.1, -0.05) is 25.5 Å². The molecule has 0 spiro atoms. The molecule has 29 heavy (non-hydrogen) atoms. The number of methoxy groups -OCH3 is 3. The van der Waals surface area contributed by atoms with Crippen molar-refractivity contribution in [2.75, 3.05) is 34.5 Å². The van der Waals surface area contributed by atoms with Crippen molar-refractivity contribution >= 4 is 6.08 Å². The number of nitrogens with zero attached hydrogens (tertiary/aromatic N) is 1. The number of aromatic nitrogens is 1. The summed E-state index contributed by atoms with van der Waals surface area (Å²) < 4.78 is 22.1. The molecule has 0 bridgehead atoms. The molecule has 0 fully saturated rings. The highest BCUT2D eigenvalue weighted by molar-refractivity contribution is 5.58. The van der Waals surface area contributed by atoms with Crippen molar-refractivity contribution in [2.24, 2.45) is 0 Å². The third-order valence-electron chi connectivity index (χ3n) is 5.01. The van der Waals surface area contributed by atoms with E-state index in [0.717, 1.165) is 42.9 Å². The van der Waals surface area contributed by atoms with Crippen LogP contribution in [0.4, 0.5) is 0 Å². The van der Waals surface area contributed by atoms with E-state index in [1.807, 2.05) is 18.2 Å². The first-order valence-corrected chi connectivity index (χ1v) is 10.0. The van der Waals surface area contributed by atoms with Gasteiger partial charge in [0.05, 0.1) is 34.0 Å². The predicted octanol–water partition coefficient (Wildman–Crippen LogP) is 4.19. The Balaban J connectivity index is 1.86. The molecular weight excluding hydrogens is 368 g/mol. The Morgan fingerprint density at radius 2 is 1.97 bits per heavy atom. The SMILES string of the molecule is CCCCOc1cc2c(cc1OC)C(/C=C/c1ccc(OC)nc1OC)NCC2. The van der Waals surface area contributed by atoms with E-state index in [4.69, 9.17) is 18.9 Å². The minimum Gasteiger partial charge on any atom is -0.493 e. The second-order valence-corrected chi connectivity index (χ2v) is 6.90. The van der Waals surface area contributed by atoms with Crippen LogP contribution in [0.3, 0.4) is 0 Å². The molecule has 2 aromatic rings. The van der Waals surface area contributed by atoms with E-state index in [2.05, 4.69) is 35.4 Å². The number of benzene rings is 1. The molecule has 1 aromatic heterocycles. The van der Waals surface area contributed by atoms with Crippen molar-refractivity contribution in [3.63, 3.8) is 0 Å². The topological polar surface area (TPSA) is 61.8 Å². The summed E-state index contributed by atoms with van der Waals surface area (Å²) in [6.07, 6.45) is 7.25. The van der Waals surface area contributed by atoms with Crippen LogP contribution < -0.4 is 24.3 Å². The maximum absolute atomic E-state index is 5.95. The molecule has 1 aliphatic rings. The van der Waals surface area contributed by atoms with Crippen molar-refractivity contribution in [3.05, 3.63) is 47.0 Å². The molecule has 0 amide bonds. The average molecular weight is 399 g/mol. The first-order valence-electron chi connectivity index (χ1n) is 10.0. The van der Waals surface area contributed by atoms with Crippen LogP contribution in [0.5, 0.6) is 23.3 Å². The first-order chi connectivity index (χ1) is 14.2. The lowest BCUT2D eigenvalue weighted by Crippen LogP contribution is -2.28. The van der Waals surface area contributed by atoms with E-state index in [1.54, 1.807) is 21.3 Å². The summed E-state index contributed by atoms with van der Waals surface area (Å²) in [5.41, 5.74) is 3.38. The molecule has 6 nitrogen and oxygen atoms in total. The Morgan fingerprint density at radius 3 is 2.69 bits per heavy atom. The molecule has 1 aliphatic heterocycles. The van der Waals surface area contributed by atoms with Gasteiger partial charge in [-0.2, -0.15) is 4.98 Å². The summed E-state index contributed by atoms with van der Waals surface area (Å²) in [6, 6.07) is 8.05. The standard InChI is InChI=1S/C23H30N2O4/c1-5-6-13-29-21-14-17-11-12-24-19(18(17)15-20(21)26-2)9-7-16-8-10-22(27-3)25-23(16)28-4/h7-10,14-15,19,24H,5-6,11-13H2,1-4H3/b9-7+. The Labute approximate surface area is 172 Å². The molecule has 1 aromatic carbocycles. The van der Waals surface area contributed by atoms with Crippen LogP contribution in [-0.4, -0.2) is 39.5 Å². The van der Waals surface area contributed by atoms with Gasteiger partial charge in [-0.05, 0) is 42.2 Å². The fourth-order valence-corrected chi connectivity index (χ4v) is 3.40. The molecule has 0 saturated heterocycles. The summed E-state index contributed by atoms with van der Waals surface area (Å²) in [5, 5.41) is 3.56. The fourth-order valence-electron chi connectivity index (χ4n) is 3.40. The maximum Gasteiger partial charge on any atom is 0.223 e. The largest absolute Gasteiger partial charge is 0.493 e. The van der Waals surface area contributed by atoms with Crippen molar-refractivity contribution in [1.82, 2.24) is 10.3 Å². The second-order valence-electron chi connectivity index (χ2n) is 6.90. The molecule has 0 aliphatic carbocycles. The zero-order valence-corrected chi connectivity index (χ0v) is 17.7. The van der Waals surface area contributed by atoms with Crippen molar-refractivity contribution in [2.45, 2.75) is 32.2 Å². The van der Waals surface area contributed by atoms with Crippen LogP contribution in [0.15, 0.2) is 30.3 Å². The van der Waals surface area contributed by atoms with Gasteiger partial charge in [0.1, 0.15) is 0 Å². The maximum atomic E-state index is 5.95. The number of fused-ring (bicyclic) bond motifs is 1. The summed E-state index contributed by atoms with van der Waals surface area (Å²) >= 11 is 0. The Morgan fingerprint density at radius 1 is 1.10 bits per heavy atom. The minimum atomic E-state index is 0.0733. The fraction of sp³-hybridized carbons (Fsp3) is 0.435. The Kier molecular flexibility index (Phi) is 7.36. The number of rotatable bonds is 9. The number of hydrogen-bond acceptors (Lipinski definition) is 6. The van der Waals surface area contributed by atoms with Gasteiger partial charge in [0.15, 0.2) is 11.5 Å². The normalized spacial score (nSPS) is 15.8. The van der Waals surface area contributed by atoms with Gasteiger partial charge in [-0.15, -0.1) is 0 Å². The lowest BCUT2D eigenvalue weighted by Gasteiger charge is -2.26. The van der Waals surface area contributed by atoms with Gasteiger partial charge < -0.3 is 24.3 Å². The zero-order valence-electron chi connectivity index (χ0n) is 17.7. The molecule has 1 atom stereocenters. The van der Waals surface area contributed by atoms with Crippen molar-refractivity contribution in [3.8, 4) is 23.3 Å². The smallest absolute Gasteiger partial charge is 0.223 e. The van der Waals surface area contributed by atoms with Crippen molar-refractivity contribution < 1.29 is 18.9 Å². The highest BCUT2D eigenvalue weighted by atomic mass is 16.5. The molecule has 0 saturated carbocycles. The third kappa shape index (κ3) is 5.01. The number of unbranched alkanes of at least 4 members (excludes halogenated alkanes) is 1. The lowest BCUT2D eigenvalue weighted by molar-refractivity contribution is 0.287.